The summed E-state index contributed by atoms with van der Waals surface area (Å²) in [5.74, 6) is -2.55. The van der Waals surface area contributed by atoms with Gasteiger partial charge in [0.2, 0.25) is 5.88 Å². The quantitative estimate of drug-likeness (QED) is 0.744. The van der Waals surface area contributed by atoms with Gasteiger partial charge in [0.05, 0.1) is 6.54 Å². The van der Waals surface area contributed by atoms with E-state index in [1.165, 1.54) is 6.20 Å². The van der Waals surface area contributed by atoms with E-state index < -0.39 is 12.0 Å². The molecule has 1 aliphatic rings. The lowest BCUT2D eigenvalue weighted by atomic mass is 10.2. The molecule has 1 fully saturated rings. The Kier molecular flexibility index (Phi) is 2.56. The summed E-state index contributed by atoms with van der Waals surface area (Å²) in [7, 11) is 1.65. The second-order valence-electron chi connectivity index (χ2n) is 3.73. The Hall–Kier alpha value is -1.23. The van der Waals surface area contributed by atoms with E-state index in [1.807, 2.05) is 0 Å². The fraction of sp³-hybridized carbons (Fsp3) is 0.500. The zero-order valence-electron chi connectivity index (χ0n) is 8.36. The molecule has 1 atom stereocenters. The third-order valence-electron chi connectivity index (χ3n) is 2.33. The molecule has 0 aliphatic carbocycles. The van der Waals surface area contributed by atoms with E-state index in [0.29, 0.717) is 0 Å². The second kappa shape index (κ2) is 3.73. The van der Waals surface area contributed by atoms with Crippen LogP contribution in [0.15, 0.2) is 24.4 Å². The van der Waals surface area contributed by atoms with Gasteiger partial charge in [0.25, 0.3) is 5.92 Å². The topological polar surface area (TPSA) is 25.4 Å². The van der Waals surface area contributed by atoms with Gasteiger partial charge in [-0.1, -0.05) is 6.07 Å². The fourth-order valence-corrected chi connectivity index (χ4v) is 1.63. The van der Waals surface area contributed by atoms with E-state index in [4.69, 9.17) is 4.74 Å². The maximum Gasteiger partial charge on any atom is 0.297 e. The normalized spacial score (nSPS) is 25.4. The molecule has 2 rings (SSSR count). The van der Waals surface area contributed by atoms with Gasteiger partial charge in [-0.3, -0.25) is 4.90 Å². The molecule has 1 aliphatic heterocycles. The summed E-state index contributed by atoms with van der Waals surface area (Å²) < 4.78 is 31.9. The number of alkyl halides is 2. The standard InChI is InChI=1S/C10H12F2N2O/c1-14-6-8(10(11,12)7-14)15-9-4-2-3-5-13-9/h2-5,8H,6-7H2,1H3/t8-/m1/s1. The van der Waals surface area contributed by atoms with Crippen LogP contribution < -0.4 is 4.74 Å². The minimum atomic E-state index is -2.80. The number of hydrogen-bond acceptors (Lipinski definition) is 3. The molecular formula is C10H12F2N2O. The Morgan fingerprint density at radius 2 is 2.33 bits per heavy atom. The van der Waals surface area contributed by atoms with Crippen molar-refractivity contribution in [3.8, 4) is 5.88 Å². The lowest BCUT2D eigenvalue weighted by molar-refractivity contribution is -0.0629. The molecule has 0 amide bonds. The van der Waals surface area contributed by atoms with E-state index in [2.05, 4.69) is 4.98 Å². The van der Waals surface area contributed by atoms with E-state index in [0.717, 1.165) is 0 Å². The molecule has 0 radical (unpaired) electrons. The molecule has 15 heavy (non-hydrogen) atoms. The van der Waals surface area contributed by atoms with Crippen molar-refractivity contribution in [2.45, 2.75) is 12.0 Å². The van der Waals surface area contributed by atoms with Crippen LogP contribution in [0.3, 0.4) is 0 Å². The number of ether oxygens (including phenoxy) is 1. The first-order valence-electron chi connectivity index (χ1n) is 4.72. The summed E-state index contributed by atoms with van der Waals surface area (Å²) in [6.07, 6.45) is 0.420. The molecule has 0 bridgehead atoms. The molecule has 0 spiro atoms. The van der Waals surface area contributed by atoms with Crippen molar-refractivity contribution in [2.24, 2.45) is 0 Å². The average molecular weight is 214 g/mol. The van der Waals surface area contributed by atoms with Gasteiger partial charge in [-0.2, -0.15) is 0 Å². The summed E-state index contributed by atoms with van der Waals surface area (Å²) in [6, 6.07) is 5.00. The van der Waals surface area contributed by atoms with Crippen molar-refractivity contribution in [3.05, 3.63) is 24.4 Å². The number of hydrogen-bond donors (Lipinski definition) is 0. The molecule has 1 saturated heterocycles. The molecule has 82 valence electrons. The van der Waals surface area contributed by atoms with E-state index in [1.54, 1.807) is 30.1 Å². The highest BCUT2D eigenvalue weighted by molar-refractivity contribution is 5.11. The van der Waals surface area contributed by atoms with Gasteiger partial charge in [0.15, 0.2) is 6.10 Å². The predicted molar refractivity (Wildman–Crippen MR) is 51.1 cm³/mol. The van der Waals surface area contributed by atoms with Crippen molar-refractivity contribution in [3.63, 3.8) is 0 Å². The van der Waals surface area contributed by atoms with Crippen LogP contribution in [0.4, 0.5) is 8.78 Å². The Morgan fingerprint density at radius 1 is 1.53 bits per heavy atom. The Labute approximate surface area is 86.7 Å². The Bertz CT molecular complexity index is 331. The first-order valence-corrected chi connectivity index (χ1v) is 4.72. The van der Waals surface area contributed by atoms with Crippen LogP contribution in [0.25, 0.3) is 0 Å². The van der Waals surface area contributed by atoms with Crippen LogP contribution in [-0.4, -0.2) is 42.0 Å². The van der Waals surface area contributed by atoms with Crippen molar-refractivity contribution in [1.82, 2.24) is 9.88 Å². The van der Waals surface area contributed by atoms with Gasteiger partial charge in [0.1, 0.15) is 0 Å². The number of likely N-dealkylation sites (tertiary alicyclic amines) is 1. The minimum absolute atomic E-state index is 0.226. The molecule has 1 aromatic rings. The fourth-order valence-electron chi connectivity index (χ4n) is 1.63. The number of nitrogens with zero attached hydrogens (tertiary/aromatic N) is 2. The molecule has 0 aromatic carbocycles. The van der Waals surface area contributed by atoms with Crippen LogP contribution in [0.2, 0.25) is 0 Å². The molecule has 0 N–H and O–H groups in total. The van der Waals surface area contributed by atoms with Gasteiger partial charge in [0, 0.05) is 18.8 Å². The van der Waals surface area contributed by atoms with E-state index in [-0.39, 0.29) is 19.0 Å². The number of rotatable bonds is 2. The summed E-state index contributed by atoms with van der Waals surface area (Å²) in [5.41, 5.74) is 0. The van der Waals surface area contributed by atoms with E-state index >= 15 is 0 Å². The molecule has 3 nitrogen and oxygen atoms in total. The number of pyridine rings is 1. The maximum atomic E-state index is 13.4. The van der Waals surface area contributed by atoms with Gasteiger partial charge in [-0.05, 0) is 13.1 Å². The zero-order valence-corrected chi connectivity index (χ0v) is 8.36. The van der Waals surface area contributed by atoms with Crippen LogP contribution in [-0.2, 0) is 0 Å². The summed E-state index contributed by atoms with van der Waals surface area (Å²) in [5, 5.41) is 0. The van der Waals surface area contributed by atoms with Crippen LogP contribution in [0.5, 0.6) is 5.88 Å². The van der Waals surface area contributed by atoms with Crippen molar-refractivity contribution < 1.29 is 13.5 Å². The first-order chi connectivity index (χ1) is 7.08. The van der Waals surface area contributed by atoms with E-state index in [9.17, 15) is 8.78 Å². The summed E-state index contributed by atoms with van der Waals surface area (Å²) in [4.78, 5) is 5.41. The first kappa shape index (κ1) is 10.3. The van der Waals surface area contributed by atoms with Gasteiger partial charge >= 0.3 is 0 Å². The monoisotopic (exact) mass is 214 g/mol. The smallest absolute Gasteiger partial charge is 0.297 e. The van der Waals surface area contributed by atoms with Gasteiger partial charge in [-0.25, -0.2) is 13.8 Å². The predicted octanol–water partition coefficient (Wildman–Crippen LogP) is 1.41. The highest BCUT2D eigenvalue weighted by Gasteiger charge is 2.48. The van der Waals surface area contributed by atoms with Crippen molar-refractivity contribution in [1.29, 1.82) is 0 Å². The number of halogens is 2. The second-order valence-corrected chi connectivity index (χ2v) is 3.73. The number of aromatic nitrogens is 1. The average Bonchev–Trinajstić information content (AvgIpc) is 2.41. The molecule has 2 heterocycles. The van der Waals surface area contributed by atoms with Crippen molar-refractivity contribution >= 4 is 0 Å². The largest absolute Gasteiger partial charge is 0.466 e. The highest BCUT2D eigenvalue weighted by Crippen LogP contribution is 2.29. The molecule has 5 heteroatoms. The molecule has 0 saturated carbocycles. The summed E-state index contributed by atoms with van der Waals surface area (Å²) >= 11 is 0. The molecule has 1 aromatic heterocycles. The number of likely N-dealkylation sites (N-methyl/N-ethyl adjacent to an activating group) is 1. The van der Waals surface area contributed by atoms with Gasteiger partial charge < -0.3 is 4.74 Å². The van der Waals surface area contributed by atoms with Crippen LogP contribution >= 0.6 is 0 Å². The Balaban J connectivity index is 2.07. The molecular weight excluding hydrogens is 202 g/mol. The molecule has 0 unspecified atom stereocenters. The zero-order chi connectivity index (χ0) is 10.9. The maximum absolute atomic E-state index is 13.4. The highest BCUT2D eigenvalue weighted by atomic mass is 19.3. The third kappa shape index (κ3) is 2.23. The summed E-state index contributed by atoms with van der Waals surface area (Å²) in [6.45, 7) is -0.0337. The van der Waals surface area contributed by atoms with Crippen LogP contribution in [0.1, 0.15) is 0 Å². The minimum Gasteiger partial charge on any atom is -0.466 e. The SMILES string of the molecule is CN1C[C@@H](Oc2ccccn2)C(F)(F)C1. The van der Waals surface area contributed by atoms with Gasteiger partial charge in [-0.15, -0.1) is 0 Å². The lowest BCUT2D eigenvalue weighted by Crippen LogP contribution is -2.36. The lowest BCUT2D eigenvalue weighted by Gasteiger charge is -2.18. The van der Waals surface area contributed by atoms with Crippen LogP contribution in [0, 0.1) is 0 Å². The Morgan fingerprint density at radius 3 is 2.87 bits per heavy atom. The van der Waals surface area contributed by atoms with Crippen molar-refractivity contribution in [2.75, 3.05) is 20.1 Å². The third-order valence-corrected chi connectivity index (χ3v) is 2.33.